The van der Waals surface area contributed by atoms with Gasteiger partial charge in [-0.05, 0) is 37.3 Å². The molecular weight excluding hydrogens is 352 g/mol. The minimum Gasteiger partial charge on any atom is -0.497 e. The van der Waals surface area contributed by atoms with Crippen molar-refractivity contribution >= 4 is 23.0 Å². The van der Waals surface area contributed by atoms with Crippen LogP contribution in [-0.2, 0) is 4.74 Å². The molecule has 8 heteroatoms. The average Bonchev–Trinajstić information content (AvgIpc) is 2.69. The van der Waals surface area contributed by atoms with E-state index in [1.807, 2.05) is 25.1 Å². The second kappa shape index (κ2) is 10.9. The Morgan fingerprint density at radius 2 is 2.04 bits per heavy atom. The van der Waals surface area contributed by atoms with Crippen LogP contribution in [0.25, 0.3) is 0 Å². The highest BCUT2D eigenvalue weighted by Gasteiger charge is 2.12. The normalized spacial score (nSPS) is 15.4. The summed E-state index contributed by atoms with van der Waals surface area (Å²) in [5, 5.41) is 8.06. The highest BCUT2D eigenvalue weighted by atomic mass is 32.1. The summed E-state index contributed by atoms with van der Waals surface area (Å²) in [6.07, 6.45) is 1.06. The molecule has 0 spiro atoms. The standard InChI is InChI=1S/C18H28N4O3S/c1-14(16-13-15(23-2)5-6-17(16)24-3)20-21-18(26)19-7-4-8-22-9-11-25-12-10-22/h5-6,13H,4,7-12H2,1-3H3,(H2,19,21,26)/p+1/b20-14-. The maximum Gasteiger partial charge on any atom is 0.186 e. The fourth-order valence-electron chi connectivity index (χ4n) is 2.78. The minimum absolute atomic E-state index is 0.517. The summed E-state index contributed by atoms with van der Waals surface area (Å²) in [4.78, 5) is 1.59. The summed E-state index contributed by atoms with van der Waals surface area (Å²) in [6, 6.07) is 5.60. The van der Waals surface area contributed by atoms with Crippen LogP contribution in [0.4, 0.5) is 0 Å². The van der Waals surface area contributed by atoms with Crippen LogP contribution in [-0.4, -0.2) is 64.4 Å². The average molecular weight is 382 g/mol. The topological polar surface area (TPSA) is 68.5 Å². The molecule has 1 aliphatic rings. The first-order chi connectivity index (χ1) is 12.6. The lowest BCUT2D eigenvalue weighted by atomic mass is 10.1. The molecule has 2 rings (SSSR count). The monoisotopic (exact) mass is 381 g/mol. The zero-order chi connectivity index (χ0) is 18.8. The summed E-state index contributed by atoms with van der Waals surface area (Å²) in [5.74, 6) is 1.49. The number of nitrogens with zero attached hydrogens (tertiary/aromatic N) is 1. The van der Waals surface area contributed by atoms with Crippen LogP contribution in [0.5, 0.6) is 11.5 Å². The van der Waals surface area contributed by atoms with Crippen LogP contribution in [0.15, 0.2) is 23.3 Å². The van der Waals surface area contributed by atoms with Crippen LogP contribution in [0.2, 0.25) is 0 Å². The van der Waals surface area contributed by atoms with Gasteiger partial charge < -0.3 is 24.4 Å². The molecule has 1 fully saturated rings. The van der Waals surface area contributed by atoms with Crippen molar-refractivity contribution in [2.75, 3.05) is 53.6 Å². The van der Waals surface area contributed by atoms with E-state index in [0.717, 1.165) is 68.6 Å². The van der Waals surface area contributed by atoms with Gasteiger partial charge in [0.25, 0.3) is 0 Å². The molecule has 0 aliphatic carbocycles. The maximum absolute atomic E-state index is 5.39. The molecule has 1 aromatic carbocycles. The Hall–Kier alpha value is -1.90. The molecule has 0 amide bonds. The van der Waals surface area contributed by atoms with Gasteiger partial charge in [-0.3, -0.25) is 5.43 Å². The predicted octanol–water partition coefficient (Wildman–Crippen LogP) is 0.197. The molecule has 0 bridgehead atoms. The number of thiocarbonyl (C=S) groups is 1. The number of morpholine rings is 1. The molecule has 144 valence electrons. The first-order valence-corrected chi connectivity index (χ1v) is 9.26. The van der Waals surface area contributed by atoms with E-state index < -0.39 is 0 Å². The molecule has 1 heterocycles. The summed E-state index contributed by atoms with van der Waals surface area (Å²) in [7, 11) is 3.27. The van der Waals surface area contributed by atoms with Crippen molar-refractivity contribution in [1.29, 1.82) is 0 Å². The number of benzene rings is 1. The molecule has 0 aromatic heterocycles. The van der Waals surface area contributed by atoms with Gasteiger partial charge >= 0.3 is 0 Å². The summed E-state index contributed by atoms with van der Waals surface area (Å²) >= 11 is 5.29. The third-order valence-corrected chi connectivity index (χ3v) is 4.55. The van der Waals surface area contributed by atoms with E-state index in [-0.39, 0.29) is 0 Å². The second-order valence-corrected chi connectivity index (χ2v) is 6.51. The van der Waals surface area contributed by atoms with Crippen molar-refractivity contribution in [3.8, 4) is 11.5 Å². The summed E-state index contributed by atoms with van der Waals surface area (Å²) < 4.78 is 16.0. The third kappa shape index (κ3) is 6.44. The van der Waals surface area contributed by atoms with Crippen molar-refractivity contribution in [3.05, 3.63) is 23.8 Å². The number of nitrogens with one attached hydrogen (secondary N) is 3. The van der Waals surface area contributed by atoms with Crippen LogP contribution in [0.1, 0.15) is 18.9 Å². The maximum atomic E-state index is 5.39. The van der Waals surface area contributed by atoms with Crippen molar-refractivity contribution < 1.29 is 19.1 Å². The number of quaternary nitrogens is 1. The second-order valence-electron chi connectivity index (χ2n) is 6.10. The van der Waals surface area contributed by atoms with E-state index in [4.69, 9.17) is 26.4 Å². The SMILES string of the molecule is COc1ccc(OC)c(/C(C)=N\NC(=S)NCCC[NH+]2CCOCC2)c1. The lowest BCUT2D eigenvalue weighted by molar-refractivity contribution is -0.908. The zero-order valence-electron chi connectivity index (χ0n) is 15.8. The number of hydrogen-bond donors (Lipinski definition) is 3. The first-order valence-electron chi connectivity index (χ1n) is 8.86. The fraction of sp³-hybridized carbons (Fsp3) is 0.556. The van der Waals surface area contributed by atoms with Gasteiger partial charge in [0, 0.05) is 18.5 Å². The fourth-order valence-corrected chi connectivity index (χ4v) is 2.93. The van der Waals surface area contributed by atoms with E-state index in [1.165, 1.54) is 0 Å². The van der Waals surface area contributed by atoms with Crippen LogP contribution in [0.3, 0.4) is 0 Å². The first kappa shape index (κ1) is 20.4. The Bertz CT molecular complexity index is 618. The van der Waals surface area contributed by atoms with Gasteiger partial charge in [0.1, 0.15) is 24.6 Å². The number of ether oxygens (including phenoxy) is 3. The van der Waals surface area contributed by atoms with Gasteiger partial charge in [-0.25, -0.2) is 0 Å². The summed E-state index contributed by atoms with van der Waals surface area (Å²) in [6.45, 7) is 7.77. The molecule has 0 radical (unpaired) electrons. The molecule has 26 heavy (non-hydrogen) atoms. The predicted molar refractivity (Wildman–Crippen MR) is 106 cm³/mol. The van der Waals surface area contributed by atoms with Crippen LogP contribution < -0.4 is 25.1 Å². The largest absolute Gasteiger partial charge is 0.497 e. The van der Waals surface area contributed by atoms with Gasteiger partial charge in [0.15, 0.2) is 5.11 Å². The van der Waals surface area contributed by atoms with E-state index in [9.17, 15) is 0 Å². The molecule has 1 aromatic rings. The van der Waals surface area contributed by atoms with Gasteiger partial charge in [-0.2, -0.15) is 5.10 Å². The number of hydrazone groups is 1. The van der Waals surface area contributed by atoms with E-state index in [0.29, 0.717) is 5.11 Å². The summed E-state index contributed by atoms with van der Waals surface area (Å²) in [5.41, 5.74) is 4.52. The Kier molecular flexibility index (Phi) is 8.60. The molecular formula is C18H29N4O3S+. The lowest BCUT2D eigenvalue weighted by Crippen LogP contribution is -3.14. The van der Waals surface area contributed by atoms with Gasteiger partial charge in [-0.1, -0.05) is 0 Å². The van der Waals surface area contributed by atoms with E-state index >= 15 is 0 Å². The van der Waals surface area contributed by atoms with Crippen molar-refractivity contribution in [2.45, 2.75) is 13.3 Å². The Labute approximate surface area is 160 Å². The third-order valence-electron chi connectivity index (χ3n) is 4.31. The highest BCUT2D eigenvalue weighted by Crippen LogP contribution is 2.24. The quantitative estimate of drug-likeness (QED) is 0.259. The van der Waals surface area contributed by atoms with E-state index in [1.54, 1.807) is 19.1 Å². The Balaban J connectivity index is 1.77. The molecule has 1 aliphatic heterocycles. The Morgan fingerprint density at radius 3 is 2.73 bits per heavy atom. The lowest BCUT2D eigenvalue weighted by Gasteiger charge is -2.23. The number of rotatable bonds is 8. The van der Waals surface area contributed by atoms with Gasteiger partial charge in [0.05, 0.1) is 39.7 Å². The van der Waals surface area contributed by atoms with Crippen molar-refractivity contribution in [1.82, 2.24) is 10.7 Å². The minimum atomic E-state index is 0.517. The molecule has 3 N–H and O–H groups in total. The molecule has 0 unspecified atom stereocenters. The van der Waals surface area contributed by atoms with E-state index in [2.05, 4.69) is 15.8 Å². The molecule has 1 saturated heterocycles. The molecule has 7 nitrogen and oxygen atoms in total. The zero-order valence-corrected chi connectivity index (χ0v) is 16.6. The van der Waals surface area contributed by atoms with Crippen LogP contribution in [0, 0.1) is 0 Å². The number of hydrogen-bond acceptors (Lipinski definition) is 5. The molecule has 0 atom stereocenters. The van der Waals surface area contributed by atoms with Gasteiger partial charge in [0.2, 0.25) is 0 Å². The number of methoxy groups -OCH3 is 2. The van der Waals surface area contributed by atoms with Crippen molar-refractivity contribution in [3.63, 3.8) is 0 Å². The molecule has 0 saturated carbocycles. The highest BCUT2D eigenvalue weighted by molar-refractivity contribution is 7.80. The van der Waals surface area contributed by atoms with Gasteiger partial charge in [-0.15, -0.1) is 0 Å². The smallest absolute Gasteiger partial charge is 0.186 e. The van der Waals surface area contributed by atoms with Crippen molar-refractivity contribution in [2.24, 2.45) is 5.10 Å². The van der Waals surface area contributed by atoms with Crippen LogP contribution >= 0.6 is 12.2 Å². The Morgan fingerprint density at radius 1 is 1.27 bits per heavy atom.